The zero-order chi connectivity index (χ0) is 9.97. The highest BCUT2D eigenvalue weighted by atomic mass is 16.3. The first kappa shape index (κ1) is 9.41. The summed E-state index contributed by atoms with van der Waals surface area (Å²) in [6.07, 6.45) is 3.72. The number of carbonyl (C=O) groups excluding carboxylic acids is 1. The van der Waals surface area contributed by atoms with Gasteiger partial charge in [0.15, 0.2) is 0 Å². The molecule has 1 aliphatic rings. The molecule has 1 aliphatic carbocycles. The number of carbonyl (C=O) groups is 1. The van der Waals surface area contributed by atoms with Gasteiger partial charge in [-0.05, 0) is 36.0 Å². The Morgan fingerprint density at radius 1 is 1.36 bits per heavy atom. The molecule has 0 aliphatic heterocycles. The fourth-order valence-electron chi connectivity index (χ4n) is 2.04. The lowest BCUT2D eigenvalue weighted by molar-refractivity contribution is -0.114. The van der Waals surface area contributed by atoms with Crippen LogP contribution in [0.15, 0.2) is 18.2 Å². The van der Waals surface area contributed by atoms with Crippen LogP contribution in [0.4, 0.5) is 0 Å². The molecule has 1 unspecified atom stereocenters. The Kier molecular flexibility index (Phi) is 2.64. The van der Waals surface area contributed by atoms with Crippen LogP contribution in [-0.4, -0.2) is 17.5 Å². The monoisotopic (exact) mass is 190 g/mol. The van der Waals surface area contributed by atoms with E-state index >= 15 is 0 Å². The van der Waals surface area contributed by atoms with Gasteiger partial charge in [-0.1, -0.05) is 18.2 Å². The molecule has 0 fully saturated rings. The van der Waals surface area contributed by atoms with Gasteiger partial charge in [0.05, 0.1) is 0 Å². The molecule has 1 aromatic rings. The van der Waals surface area contributed by atoms with E-state index in [4.69, 9.17) is 0 Å². The topological polar surface area (TPSA) is 37.3 Å². The Hall–Kier alpha value is -1.15. The van der Waals surface area contributed by atoms with E-state index in [9.17, 15) is 9.90 Å². The van der Waals surface area contributed by atoms with Gasteiger partial charge in [0.25, 0.3) is 0 Å². The summed E-state index contributed by atoms with van der Waals surface area (Å²) < 4.78 is 0. The highest BCUT2D eigenvalue weighted by molar-refractivity contribution is 5.56. The second-order valence-corrected chi connectivity index (χ2v) is 3.86. The fraction of sp³-hybridized carbons (Fsp3) is 0.417. The Morgan fingerprint density at radius 2 is 2.14 bits per heavy atom. The molecule has 2 nitrogen and oxygen atoms in total. The number of aldehydes is 1. The van der Waals surface area contributed by atoms with Crippen LogP contribution in [0.5, 0.6) is 0 Å². The van der Waals surface area contributed by atoms with Crippen LogP contribution >= 0.6 is 0 Å². The maximum Gasteiger partial charge on any atom is 0.148 e. The molecule has 0 amide bonds. The molecule has 0 aromatic heterocycles. The molecular formula is C12H14O2. The van der Waals surface area contributed by atoms with E-state index in [0.29, 0.717) is 12.7 Å². The number of fused-ring (bicyclic) bond motifs is 1. The quantitative estimate of drug-likeness (QED) is 0.729. The van der Waals surface area contributed by atoms with Crippen LogP contribution < -0.4 is 0 Å². The molecule has 0 heterocycles. The van der Waals surface area contributed by atoms with Gasteiger partial charge in [0.2, 0.25) is 0 Å². The van der Waals surface area contributed by atoms with Crippen LogP contribution in [0, 0.1) is 0 Å². The predicted molar refractivity (Wildman–Crippen MR) is 54.2 cm³/mol. The average Bonchev–Trinajstić information content (AvgIpc) is 2.64. The van der Waals surface area contributed by atoms with Crippen molar-refractivity contribution >= 4 is 6.29 Å². The molecule has 1 N–H and O–H groups in total. The lowest BCUT2D eigenvalue weighted by Crippen LogP contribution is -2.11. The lowest BCUT2D eigenvalue weighted by Gasteiger charge is -2.05. The Bertz CT molecular complexity index is 344. The van der Waals surface area contributed by atoms with Crippen LogP contribution in [0.2, 0.25) is 0 Å². The molecule has 1 atom stereocenters. The Morgan fingerprint density at radius 3 is 2.93 bits per heavy atom. The van der Waals surface area contributed by atoms with Gasteiger partial charge >= 0.3 is 0 Å². The highest BCUT2D eigenvalue weighted by Gasteiger charge is 2.11. The van der Waals surface area contributed by atoms with Crippen molar-refractivity contribution in [1.29, 1.82) is 0 Å². The fourth-order valence-corrected chi connectivity index (χ4v) is 2.04. The van der Waals surface area contributed by atoms with Gasteiger partial charge in [0.1, 0.15) is 12.4 Å². The van der Waals surface area contributed by atoms with Crippen molar-refractivity contribution in [1.82, 2.24) is 0 Å². The first-order valence-electron chi connectivity index (χ1n) is 5.03. The van der Waals surface area contributed by atoms with Crippen LogP contribution in [0.3, 0.4) is 0 Å². The van der Waals surface area contributed by atoms with E-state index < -0.39 is 6.10 Å². The largest absolute Gasteiger partial charge is 0.385 e. The van der Waals surface area contributed by atoms with E-state index in [1.54, 1.807) is 0 Å². The highest BCUT2D eigenvalue weighted by Crippen LogP contribution is 2.23. The first-order chi connectivity index (χ1) is 6.79. The summed E-state index contributed by atoms with van der Waals surface area (Å²) in [6, 6.07) is 6.25. The normalized spacial score (nSPS) is 16.4. The maximum absolute atomic E-state index is 10.3. The molecule has 0 spiro atoms. The minimum Gasteiger partial charge on any atom is -0.385 e. The summed E-state index contributed by atoms with van der Waals surface area (Å²) in [5, 5.41) is 9.19. The lowest BCUT2D eigenvalue weighted by atomic mass is 10.0. The second-order valence-electron chi connectivity index (χ2n) is 3.86. The summed E-state index contributed by atoms with van der Waals surface area (Å²) >= 11 is 0. The zero-order valence-electron chi connectivity index (χ0n) is 8.07. The van der Waals surface area contributed by atoms with Crippen molar-refractivity contribution in [2.24, 2.45) is 0 Å². The molecule has 0 saturated carbocycles. The van der Waals surface area contributed by atoms with E-state index in [-0.39, 0.29) is 0 Å². The summed E-state index contributed by atoms with van der Waals surface area (Å²) in [5.41, 5.74) is 3.88. The molecule has 0 radical (unpaired) electrons. The van der Waals surface area contributed by atoms with Gasteiger partial charge < -0.3 is 9.90 Å². The van der Waals surface area contributed by atoms with Crippen molar-refractivity contribution in [3.8, 4) is 0 Å². The first-order valence-corrected chi connectivity index (χ1v) is 5.03. The van der Waals surface area contributed by atoms with Gasteiger partial charge in [-0.2, -0.15) is 0 Å². The summed E-state index contributed by atoms with van der Waals surface area (Å²) in [7, 11) is 0. The SMILES string of the molecule is O=CC(O)Cc1ccc2c(c1)CCC2. The molecule has 1 aromatic carbocycles. The van der Waals surface area contributed by atoms with Crippen molar-refractivity contribution in [2.45, 2.75) is 31.8 Å². The summed E-state index contributed by atoms with van der Waals surface area (Å²) in [5.74, 6) is 0. The van der Waals surface area contributed by atoms with E-state index in [1.807, 2.05) is 6.07 Å². The predicted octanol–water partition coefficient (Wildman–Crippen LogP) is 1.28. The zero-order valence-corrected chi connectivity index (χ0v) is 8.07. The Balaban J connectivity index is 2.16. The van der Waals surface area contributed by atoms with Crippen LogP contribution in [-0.2, 0) is 24.1 Å². The summed E-state index contributed by atoms with van der Waals surface area (Å²) in [6.45, 7) is 0. The van der Waals surface area contributed by atoms with Crippen molar-refractivity contribution in [2.75, 3.05) is 0 Å². The standard InChI is InChI=1S/C12H14O2/c13-8-12(14)7-9-4-5-10-2-1-3-11(10)6-9/h4-6,8,12,14H,1-3,7H2. The summed E-state index contributed by atoms with van der Waals surface area (Å²) in [4.78, 5) is 10.3. The molecule has 2 rings (SSSR count). The van der Waals surface area contributed by atoms with Gasteiger partial charge in [-0.25, -0.2) is 0 Å². The second kappa shape index (κ2) is 3.93. The third-order valence-electron chi connectivity index (χ3n) is 2.76. The number of aryl methyl sites for hydroxylation is 2. The van der Waals surface area contributed by atoms with Crippen LogP contribution in [0.25, 0.3) is 0 Å². The molecule has 0 bridgehead atoms. The van der Waals surface area contributed by atoms with E-state index in [1.165, 1.54) is 24.0 Å². The average molecular weight is 190 g/mol. The minimum absolute atomic E-state index is 0.441. The molecule has 2 heteroatoms. The van der Waals surface area contributed by atoms with E-state index in [0.717, 1.165) is 12.0 Å². The third-order valence-corrected chi connectivity index (χ3v) is 2.76. The smallest absolute Gasteiger partial charge is 0.148 e. The number of aliphatic hydroxyl groups excluding tert-OH is 1. The molecule has 0 saturated heterocycles. The van der Waals surface area contributed by atoms with Gasteiger partial charge in [-0.3, -0.25) is 0 Å². The van der Waals surface area contributed by atoms with Gasteiger partial charge in [0, 0.05) is 6.42 Å². The van der Waals surface area contributed by atoms with Crippen molar-refractivity contribution in [3.63, 3.8) is 0 Å². The third kappa shape index (κ3) is 1.85. The number of hydrogen-bond acceptors (Lipinski definition) is 2. The number of benzene rings is 1. The Labute approximate surface area is 83.6 Å². The molecule has 14 heavy (non-hydrogen) atoms. The number of aliphatic hydroxyl groups is 1. The van der Waals surface area contributed by atoms with Crippen molar-refractivity contribution < 1.29 is 9.90 Å². The molecule has 74 valence electrons. The van der Waals surface area contributed by atoms with E-state index in [2.05, 4.69) is 12.1 Å². The number of rotatable bonds is 3. The van der Waals surface area contributed by atoms with Crippen LogP contribution in [0.1, 0.15) is 23.1 Å². The maximum atomic E-state index is 10.3. The van der Waals surface area contributed by atoms with Crippen molar-refractivity contribution in [3.05, 3.63) is 34.9 Å². The number of hydrogen-bond donors (Lipinski definition) is 1. The van der Waals surface area contributed by atoms with Gasteiger partial charge in [-0.15, -0.1) is 0 Å². The molecular weight excluding hydrogens is 176 g/mol. The minimum atomic E-state index is -0.852.